The van der Waals surface area contributed by atoms with E-state index in [1.165, 1.54) is 13.2 Å². The number of phenols is 1. The van der Waals surface area contributed by atoms with Crippen molar-refractivity contribution in [3.63, 3.8) is 0 Å². The van der Waals surface area contributed by atoms with Gasteiger partial charge in [-0.25, -0.2) is 9.69 Å². The Hall–Kier alpha value is -3.28. The number of halogens is 1. The molecule has 0 atom stereocenters. The number of hydrogen-bond donors (Lipinski definition) is 3. The summed E-state index contributed by atoms with van der Waals surface area (Å²) >= 11 is 1.94. The van der Waals surface area contributed by atoms with Crippen LogP contribution < -0.4 is 20.1 Å². The Kier molecular flexibility index (Phi) is 7.00. The number of phenolic OH excluding ortho intramolecular Hbond substituents is 1. The van der Waals surface area contributed by atoms with Gasteiger partial charge in [-0.15, -0.1) is 0 Å². The summed E-state index contributed by atoms with van der Waals surface area (Å²) in [5.74, 6) is -0.457. The topological polar surface area (TPSA) is 117 Å². The van der Waals surface area contributed by atoms with Gasteiger partial charge in [0.25, 0.3) is 5.91 Å². The highest BCUT2D eigenvalue weighted by molar-refractivity contribution is 14.1. The van der Waals surface area contributed by atoms with E-state index in [-0.39, 0.29) is 17.2 Å². The number of carbonyl (C=O) groups excluding carboxylic acids is 3. The van der Waals surface area contributed by atoms with Crippen LogP contribution in [0.3, 0.4) is 0 Å². The first kappa shape index (κ1) is 22.4. The second-order valence-corrected chi connectivity index (χ2v) is 7.57. The summed E-state index contributed by atoms with van der Waals surface area (Å²) in [5.41, 5.74) is 0.994. The molecule has 162 valence electrons. The van der Waals surface area contributed by atoms with Crippen molar-refractivity contribution >= 4 is 52.2 Å². The van der Waals surface area contributed by atoms with Crippen LogP contribution in [0.25, 0.3) is 6.08 Å². The van der Waals surface area contributed by atoms with Crippen LogP contribution in [0.1, 0.15) is 12.5 Å². The van der Waals surface area contributed by atoms with Gasteiger partial charge in [-0.2, -0.15) is 0 Å². The van der Waals surface area contributed by atoms with Gasteiger partial charge >= 0.3 is 6.03 Å². The van der Waals surface area contributed by atoms with Crippen molar-refractivity contribution in [2.45, 2.75) is 6.92 Å². The van der Waals surface area contributed by atoms with Crippen LogP contribution in [0.4, 0.5) is 10.5 Å². The SMILES string of the molecule is CCOc1cc(/C=C2/NC(=O)N(CC(=O)Nc3ccccc3OC)C2=O)cc(I)c1O. The first-order chi connectivity index (χ1) is 14.8. The number of nitrogens with one attached hydrogen (secondary N) is 2. The lowest BCUT2D eigenvalue weighted by Crippen LogP contribution is -2.38. The molecule has 0 aliphatic carbocycles. The van der Waals surface area contributed by atoms with Gasteiger partial charge in [-0.1, -0.05) is 12.1 Å². The molecule has 31 heavy (non-hydrogen) atoms. The number of rotatable bonds is 7. The fraction of sp³-hybridized carbons (Fsp3) is 0.190. The summed E-state index contributed by atoms with van der Waals surface area (Å²) in [5, 5.41) is 15.2. The molecule has 3 N–H and O–H groups in total. The van der Waals surface area contributed by atoms with E-state index in [2.05, 4.69) is 10.6 Å². The molecule has 0 unspecified atom stereocenters. The fourth-order valence-electron chi connectivity index (χ4n) is 2.91. The van der Waals surface area contributed by atoms with E-state index in [1.807, 2.05) is 22.6 Å². The summed E-state index contributed by atoms with van der Waals surface area (Å²) in [6.07, 6.45) is 1.46. The van der Waals surface area contributed by atoms with E-state index >= 15 is 0 Å². The van der Waals surface area contributed by atoms with E-state index in [4.69, 9.17) is 9.47 Å². The van der Waals surface area contributed by atoms with E-state index in [0.717, 1.165) is 4.90 Å². The van der Waals surface area contributed by atoms with Crippen molar-refractivity contribution in [3.8, 4) is 17.2 Å². The summed E-state index contributed by atoms with van der Waals surface area (Å²) in [4.78, 5) is 38.1. The molecule has 1 fully saturated rings. The van der Waals surface area contributed by atoms with Crippen molar-refractivity contribution in [3.05, 3.63) is 51.2 Å². The third-order valence-corrected chi connectivity index (χ3v) is 5.13. The Morgan fingerprint density at radius 2 is 2.00 bits per heavy atom. The predicted octanol–water partition coefficient (Wildman–Crippen LogP) is 2.94. The number of ether oxygens (including phenoxy) is 2. The van der Waals surface area contributed by atoms with Crippen molar-refractivity contribution in [1.82, 2.24) is 10.2 Å². The van der Waals surface area contributed by atoms with Gasteiger partial charge in [0.2, 0.25) is 5.91 Å². The molecule has 0 saturated carbocycles. The minimum atomic E-state index is -0.704. The predicted molar refractivity (Wildman–Crippen MR) is 122 cm³/mol. The summed E-state index contributed by atoms with van der Waals surface area (Å²) < 4.78 is 11.1. The zero-order chi connectivity index (χ0) is 22.5. The molecule has 1 saturated heterocycles. The maximum atomic E-state index is 12.7. The van der Waals surface area contributed by atoms with Gasteiger partial charge in [-0.05, 0) is 65.4 Å². The molecule has 9 nitrogen and oxygen atoms in total. The Bertz CT molecular complexity index is 1070. The van der Waals surface area contributed by atoms with Crippen LogP contribution >= 0.6 is 22.6 Å². The second kappa shape index (κ2) is 9.69. The fourth-order valence-corrected chi connectivity index (χ4v) is 3.53. The standard InChI is InChI=1S/C21H20IN3O6/c1-3-31-17-10-12(8-13(22)19(17)27)9-15-20(28)25(21(29)24-15)11-18(26)23-14-6-4-5-7-16(14)30-2/h4-10,27H,3,11H2,1-2H3,(H,23,26)(H,24,29)/b15-9+. The minimum absolute atomic E-state index is 0.000946. The van der Waals surface area contributed by atoms with E-state index in [9.17, 15) is 19.5 Å². The van der Waals surface area contributed by atoms with Crippen molar-refractivity contribution in [1.29, 1.82) is 0 Å². The van der Waals surface area contributed by atoms with Crippen LogP contribution in [-0.4, -0.2) is 48.1 Å². The number of amides is 4. The molecule has 4 amide bonds. The van der Waals surface area contributed by atoms with Gasteiger partial charge < -0.3 is 25.2 Å². The largest absolute Gasteiger partial charge is 0.504 e. The smallest absolute Gasteiger partial charge is 0.329 e. The number of urea groups is 1. The van der Waals surface area contributed by atoms with E-state index in [1.54, 1.807) is 43.3 Å². The number of anilines is 1. The minimum Gasteiger partial charge on any atom is -0.504 e. The maximum Gasteiger partial charge on any atom is 0.329 e. The third kappa shape index (κ3) is 5.08. The van der Waals surface area contributed by atoms with Gasteiger partial charge in [0, 0.05) is 0 Å². The van der Waals surface area contributed by atoms with E-state index in [0.29, 0.717) is 27.2 Å². The first-order valence-corrected chi connectivity index (χ1v) is 10.3. The maximum absolute atomic E-state index is 12.7. The highest BCUT2D eigenvalue weighted by atomic mass is 127. The highest BCUT2D eigenvalue weighted by Gasteiger charge is 2.35. The van der Waals surface area contributed by atoms with Gasteiger partial charge in [0.15, 0.2) is 11.5 Å². The summed E-state index contributed by atoms with van der Waals surface area (Å²) in [7, 11) is 1.47. The van der Waals surface area contributed by atoms with Crippen LogP contribution in [0.2, 0.25) is 0 Å². The normalized spacial score (nSPS) is 14.5. The molecule has 2 aromatic carbocycles. The number of imide groups is 1. The van der Waals surface area contributed by atoms with Gasteiger partial charge in [0.05, 0.1) is 23.0 Å². The average molecular weight is 537 g/mol. The number of hydrogen-bond acceptors (Lipinski definition) is 6. The molecule has 0 spiro atoms. The molecule has 0 bridgehead atoms. The third-order valence-electron chi connectivity index (χ3n) is 4.31. The van der Waals surface area contributed by atoms with Crippen molar-refractivity contribution < 1.29 is 29.0 Å². The molecule has 0 radical (unpaired) electrons. The van der Waals surface area contributed by atoms with Gasteiger partial charge in [0.1, 0.15) is 18.0 Å². The Balaban J connectivity index is 1.76. The lowest BCUT2D eigenvalue weighted by Gasteiger charge is -2.13. The molecule has 1 aliphatic heterocycles. The van der Waals surface area contributed by atoms with Crippen LogP contribution in [0.15, 0.2) is 42.1 Å². The molecule has 1 aliphatic rings. The monoisotopic (exact) mass is 537 g/mol. The molecule has 10 heteroatoms. The number of methoxy groups -OCH3 is 1. The Morgan fingerprint density at radius 3 is 2.71 bits per heavy atom. The zero-order valence-electron chi connectivity index (χ0n) is 16.8. The van der Waals surface area contributed by atoms with Crippen molar-refractivity contribution in [2.24, 2.45) is 0 Å². The quantitative estimate of drug-likeness (QED) is 0.284. The molecule has 1 heterocycles. The molecular formula is C21H20IN3O6. The zero-order valence-corrected chi connectivity index (χ0v) is 18.9. The second-order valence-electron chi connectivity index (χ2n) is 6.41. The van der Waals surface area contributed by atoms with E-state index < -0.39 is 24.4 Å². The van der Waals surface area contributed by atoms with Crippen LogP contribution in [-0.2, 0) is 9.59 Å². The number of carbonyl (C=O) groups is 3. The first-order valence-electron chi connectivity index (χ1n) is 9.26. The van der Waals surface area contributed by atoms with Crippen LogP contribution in [0, 0.1) is 3.57 Å². The Labute approximate surface area is 192 Å². The van der Waals surface area contributed by atoms with Crippen molar-refractivity contribution in [2.75, 3.05) is 25.6 Å². The average Bonchev–Trinajstić information content (AvgIpc) is 2.99. The highest BCUT2D eigenvalue weighted by Crippen LogP contribution is 2.33. The molecule has 0 aromatic heterocycles. The molecule has 2 aromatic rings. The summed E-state index contributed by atoms with van der Waals surface area (Å²) in [6, 6.07) is 9.31. The lowest BCUT2D eigenvalue weighted by atomic mass is 10.1. The molecular weight excluding hydrogens is 517 g/mol. The number of aromatic hydroxyl groups is 1. The summed E-state index contributed by atoms with van der Waals surface area (Å²) in [6.45, 7) is 1.68. The number of benzene rings is 2. The number of para-hydroxylation sites is 2. The molecule has 3 rings (SSSR count). The van der Waals surface area contributed by atoms with Gasteiger partial charge in [-0.3, -0.25) is 9.59 Å². The lowest BCUT2D eigenvalue weighted by molar-refractivity contribution is -0.127. The number of nitrogens with zero attached hydrogens (tertiary/aromatic N) is 1. The van der Waals surface area contributed by atoms with Crippen LogP contribution in [0.5, 0.6) is 17.2 Å². The Morgan fingerprint density at radius 1 is 1.26 bits per heavy atom.